The number of rotatable bonds is 11. The fourth-order valence-corrected chi connectivity index (χ4v) is 3.75. The highest BCUT2D eigenvalue weighted by molar-refractivity contribution is 5.98. The number of benzene rings is 2. The lowest BCUT2D eigenvalue weighted by atomic mass is 9.99. The first-order valence-electron chi connectivity index (χ1n) is 11.9. The Labute approximate surface area is 205 Å². The highest BCUT2D eigenvalue weighted by atomic mass is 19.1. The van der Waals surface area contributed by atoms with Gasteiger partial charge in [0.2, 0.25) is 0 Å². The summed E-state index contributed by atoms with van der Waals surface area (Å²) in [7, 11) is 0. The Hall–Kier alpha value is -3.39. The monoisotopic (exact) mass is 481 g/mol. The van der Waals surface area contributed by atoms with Gasteiger partial charge in [-0.3, -0.25) is 19.4 Å². The van der Waals surface area contributed by atoms with E-state index in [-0.39, 0.29) is 37.7 Å². The van der Waals surface area contributed by atoms with E-state index in [9.17, 15) is 18.8 Å². The molecule has 1 amide bonds. The summed E-state index contributed by atoms with van der Waals surface area (Å²) in [5, 5.41) is 2.71. The van der Waals surface area contributed by atoms with Gasteiger partial charge in [0, 0.05) is 24.1 Å². The summed E-state index contributed by atoms with van der Waals surface area (Å²) in [5.41, 5.74) is 9.00. The molecule has 0 aliphatic carbocycles. The van der Waals surface area contributed by atoms with Crippen LogP contribution < -0.4 is 11.1 Å². The molecule has 8 heteroatoms. The molecule has 0 radical (unpaired) electrons. The topological polar surface area (TPSA) is 111 Å². The number of amides is 1. The molecule has 3 N–H and O–H groups in total. The van der Waals surface area contributed by atoms with E-state index in [0.717, 1.165) is 16.8 Å². The van der Waals surface area contributed by atoms with Gasteiger partial charge in [-0.1, -0.05) is 42.5 Å². The first-order chi connectivity index (χ1) is 16.8. The third-order valence-corrected chi connectivity index (χ3v) is 5.92. The molecule has 1 unspecified atom stereocenters. The Kier molecular flexibility index (Phi) is 9.66. The summed E-state index contributed by atoms with van der Waals surface area (Å²) in [5.74, 6) is -1.16. The molecule has 0 saturated heterocycles. The summed E-state index contributed by atoms with van der Waals surface area (Å²) in [6.07, 6.45) is 0.964. The molecule has 0 fully saturated rings. The molecule has 0 saturated carbocycles. The van der Waals surface area contributed by atoms with Crippen molar-refractivity contribution in [3.63, 3.8) is 0 Å². The maximum absolute atomic E-state index is 13.3. The average molecular weight is 482 g/mol. The summed E-state index contributed by atoms with van der Waals surface area (Å²) in [6, 6.07) is 14.7. The Morgan fingerprint density at radius 1 is 1.14 bits per heavy atom. The van der Waals surface area contributed by atoms with Gasteiger partial charge in [0.25, 0.3) is 5.91 Å². The minimum atomic E-state index is -0.919. The van der Waals surface area contributed by atoms with Gasteiger partial charge in [-0.05, 0) is 49.4 Å². The van der Waals surface area contributed by atoms with Gasteiger partial charge in [0.15, 0.2) is 5.78 Å². The van der Waals surface area contributed by atoms with E-state index in [4.69, 9.17) is 10.5 Å². The lowest BCUT2D eigenvalue weighted by molar-refractivity contribution is -0.146. The van der Waals surface area contributed by atoms with Gasteiger partial charge in [0.05, 0.1) is 12.6 Å². The summed E-state index contributed by atoms with van der Waals surface area (Å²) >= 11 is 0. The zero-order chi connectivity index (χ0) is 25.2. The van der Waals surface area contributed by atoms with Crippen LogP contribution in [0.5, 0.6) is 0 Å². The van der Waals surface area contributed by atoms with E-state index >= 15 is 0 Å². The molecule has 3 atom stereocenters. The third kappa shape index (κ3) is 8.40. The molecule has 186 valence electrons. The normalized spacial score (nSPS) is 17.1. The molecule has 0 aromatic heterocycles. The predicted octanol–water partition coefficient (Wildman–Crippen LogP) is 3.34. The number of alkyl halides is 1. The number of ketones is 1. The number of esters is 1. The molecule has 7 nitrogen and oxygen atoms in total. The minimum Gasteiger partial charge on any atom is -0.460 e. The quantitative estimate of drug-likeness (QED) is 0.478. The number of aliphatic imine (C=N–C) groups is 1. The maximum atomic E-state index is 13.3. The molecule has 1 aliphatic rings. The summed E-state index contributed by atoms with van der Waals surface area (Å²) in [4.78, 5) is 41.6. The minimum absolute atomic E-state index is 0.0402. The van der Waals surface area contributed by atoms with Gasteiger partial charge in [-0.2, -0.15) is 0 Å². The number of nitrogens with one attached hydrogen (secondary N) is 1. The number of nitrogens with two attached hydrogens (primary N) is 1. The van der Waals surface area contributed by atoms with E-state index in [1.807, 2.05) is 36.4 Å². The van der Waals surface area contributed by atoms with Crippen LogP contribution in [0, 0.1) is 0 Å². The van der Waals surface area contributed by atoms with Crippen LogP contribution >= 0.6 is 0 Å². The second-order valence-corrected chi connectivity index (χ2v) is 8.82. The van der Waals surface area contributed by atoms with Crippen molar-refractivity contribution in [2.75, 3.05) is 6.54 Å². The first kappa shape index (κ1) is 26.2. The summed E-state index contributed by atoms with van der Waals surface area (Å²) < 4.78 is 18.5. The molecule has 0 bridgehead atoms. The second kappa shape index (κ2) is 12.9. The van der Waals surface area contributed by atoms with Crippen molar-refractivity contribution in [3.8, 4) is 0 Å². The smallest absolute Gasteiger partial charge is 0.323 e. The lowest BCUT2D eigenvalue weighted by Gasteiger charge is -2.16. The molecule has 2 aromatic rings. The number of carbonyl (C=O) groups is 3. The van der Waals surface area contributed by atoms with Crippen LogP contribution in [0.25, 0.3) is 0 Å². The van der Waals surface area contributed by atoms with Gasteiger partial charge < -0.3 is 15.8 Å². The Morgan fingerprint density at radius 2 is 1.89 bits per heavy atom. The molecule has 3 rings (SSSR count). The fourth-order valence-electron chi connectivity index (χ4n) is 3.75. The molecular weight excluding hydrogens is 449 g/mol. The zero-order valence-electron chi connectivity index (χ0n) is 19.9. The standard InChI is InChI=1S/C27H32FN3O4/c1-18(25(32)13-12-24(29)27(34)35-17-19-6-3-2-4-7-19)31-26(33)21-9-5-8-20(14-21)15-23-11-10-22(28)16-30-23/h2-9,14,18,22,24H,10-13,15-17,29H2,1H3,(H,31,33)/t18-,22?,24+/m1/s1. The van der Waals surface area contributed by atoms with Crippen molar-refractivity contribution in [1.29, 1.82) is 0 Å². The maximum Gasteiger partial charge on any atom is 0.323 e. The van der Waals surface area contributed by atoms with E-state index in [2.05, 4.69) is 10.3 Å². The first-order valence-corrected chi connectivity index (χ1v) is 11.9. The number of hydrogen-bond acceptors (Lipinski definition) is 6. The predicted molar refractivity (Wildman–Crippen MR) is 132 cm³/mol. The van der Waals surface area contributed by atoms with E-state index in [0.29, 0.717) is 24.8 Å². The van der Waals surface area contributed by atoms with Crippen LogP contribution in [0.3, 0.4) is 0 Å². The molecular formula is C27H32FN3O4. The SMILES string of the molecule is C[C@@H](NC(=O)c1cccc(CC2=NCC(F)CC2)c1)C(=O)CC[C@H](N)C(=O)OCc1ccccc1. The van der Waals surface area contributed by atoms with Crippen LogP contribution in [0.15, 0.2) is 59.6 Å². The Balaban J connectivity index is 1.44. The number of ether oxygens (including phenoxy) is 1. The van der Waals surface area contributed by atoms with Crippen molar-refractivity contribution < 1.29 is 23.5 Å². The highest BCUT2D eigenvalue weighted by Gasteiger charge is 2.21. The second-order valence-electron chi connectivity index (χ2n) is 8.82. The van der Waals surface area contributed by atoms with Crippen LogP contribution in [0.4, 0.5) is 4.39 Å². The Morgan fingerprint density at radius 3 is 2.60 bits per heavy atom. The zero-order valence-corrected chi connectivity index (χ0v) is 19.9. The van der Waals surface area contributed by atoms with Gasteiger partial charge in [-0.25, -0.2) is 4.39 Å². The van der Waals surface area contributed by atoms with Gasteiger partial charge in [-0.15, -0.1) is 0 Å². The van der Waals surface area contributed by atoms with E-state index in [1.54, 1.807) is 25.1 Å². The van der Waals surface area contributed by atoms with Crippen molar-refractivity contribution in [1.82, 2.24) is 5.32 Å². The van der Waals surface area contributed by atoms with Crippen molar-refractivity contribution >= 4 is 23.4 Å². The summed E-state index contributed by atoms with van der Waals surface area (Å²) in [6.45, 7) is 1.92. The van der Waals surface area contributed by atoms with E-state index < -0.39 is 24.2 Å². The third-order valence-electron chi connectivity index (χ3n) is 5.92. The lowest BCUT2D eigenvalue weighted by Crippen LogP contribution is -2.40. The molecule has 35 heavy (non-hydrogen) atoms. The number of Topliss-reactive ketones (excluding diaryl/α,β-unsaturated/α-hetero) is 1. The number of hydrogen-bond donors (Lipinski definition) is 2. The van der Waals surface area contributed by atoms with Crippen molar-refractivity contribution in [2.45, 2.75) is 63.9 Å². The van der Waals surface area contributed by atoms with Crippen LogP contribution in [-0.4, -0.2) is 48.2 Å². The number of carbonyl (C=O) groups excluding carboxylic acids is 3. The van der Waals surface area contributed by atoms with Crippen LogP contribution in [0.2, 0.25) is 0 Å². The molecule has 1 aliphatic heterocycles. The number of halogens is 1. The average Bonchev–Trinajstić information content (AvgIpc) is 2.87. The molecule has 2 aromatic carbocycles. The number of nitrogens with zero attached hydrogens (tertiary/aromatic N) is 1. The molecule has 0 spiro atoms. The van der Waals surface area contributed by atoms with Crippen LogP contribution in [-0.2, 0) is 27.4 Å². The fraction of sp³-hybridized carbons (Fsp3) is 0.407. The Bertz CT molecular complexity index is 1060. The van der Waals surface area contributed by atoms with Gasteiger partial charge >= 0.3 is 5.97 Å². The van der Waals surface area contributed by atoms with E-state index in [1.165, 1.54) is 0 Å². The van der Waals surface area contributed by atoms with Gasteiger partial charge in [0.1, 0.15) is 18.8 Å². The highest BCUT2D eigenvalue weighted by Crippen LogP contribution is 2.15. The van der Waals surface area contributed by atoms with Crippen molar-refractivity contribution in [2.24, 2.45) is 10.7 Å². The van der Waals surface area contributed by atoms with Crippen molar-refractivity contribution in [3.05, 3.63) is 71.3 Å². The largest absolute Gasteiger partial charge is 0.460 e. The van der Waals surface area contributed by atoms with Crippen LogP contribution in [0.1, 0.15) is 54.1 Å². The molecule has 1 heterocycles.